The predicted molar refractivity (Wildman–Crippen MR) is 90.4 cm³/mol. The van der Waals surface area contributed by atoms with Crippen LogP contribution < -0.4 is 9.46 Å². The number of carbonyl (C=O) groups is 1. The van der Waals surface area contributed by atoms with Crippen LogP contribution in [0.15, 0.2) is 6.07 Å². The Morgan fingerprint density at radius 1 is 1.38 bits per heavy atom. The maximum Gasteiger partial charge on any atom is 0.285 e. The number of amides is 1. The van der Waals surface area contributed by atoms with Crippen molar-refractivity contribution in [3.8, 4) is 5.75 Å². The maximum atomic E-state index is 12.2. The summed E-state index contributed by atoms with van der Waals surface area (Å²) in [5.74, 6) is -0.239. The minimum Gasteiger partial charge on any atom is -0.495 e. The van der Waals surface area contributed by atoms with Crippen molar-refractivity contribution in [3.05, 3.63) is 17.5 Å². The van der Waals surface area contributed by atoms with Gasteiger partial charge in [-0.2, -0.15) is 5.10 Å². The number of hydrogen-bond donors (Lipinski definition) is 1. The van der Waals surface area contributed by atoms with Crippen molar-refractivity contribution in [2.24, 2.45) is 11.3 Å². The fourth-order valence-electron chi connectivity index (χ4n) is 2.11. The number of carbonyl (C=O) groups excluding carboxylic acids is 1. The van der Waals surface area contributed by atoms with Crippen LogP contribution >= 0.6 is 0 Å². The van der Waals surface area contributed by atoms with E-state index >= 15 is 0 Å². The Bertz CT molecular complexity index is 721. The number of methoxy groups -OCH3 is 1. The third-order valence-electron chi connectivity index (χ3n) is 4.40. The van der Waals surface area contributed by atoms with Crippen LogP contribution in [-0.2, 0) is 10.0 Å². The van der Waals surface area contributed by atoms with Crippen LogP contribution in [0.1, 0.15) is 62.6 Å². The molecule has 2 rings (SSSR count). The molecular formula is C16H25N3O4S. The SMILES string of the molecule is COc1cc(C(=O)NS(=O)(=O)CC(C)C(C)(C)C)nnc1C1CC1. The summed E-state index contributed by atoms with van der Waals surface area (Å²) in [5, 5.41) is 7.89. The number of sulfonamides is 1. The van der Waals surface area contributed by atoms with Crippen molar-refractivity contribution < 1.29 is 17.9 Å². The van der Waals surface area contributed by atoms with E-state index in [9.17, 15) is 13.2 Å². The van der Waals surface area contributed by atoms with Crippen LogP contribution in [0, 0.1) is 11.3 Å². The lowest BCUT2D eigenvalue weighted by Gasteiger charge is -2.26. The maximum absolute atomic E-state index is 12.2. The van der Waals surface area contributed by atoms with Gasteiger partial charge in [0.15, 0.2) is 5.69 Å². The Morgan fingerprint density at radius 3 is 2.50 bits per heavy atom. The van der Waals surface area contributed by atoms with Gasteiger partial charge in [-0.3, -0.25) is 4.79 Å². The lowest BCUT2D eigenvalue weighted by atomic mass is 9.83. The second-order valence-corrected chi connectivity index (χ2v) is 9.20. The number of hydrogen-bond acceptors (Lipinski definition) is 6. The molecule has 1 amide bonds. The smallest absolute Gasteiger partial charge is 0.285 e. The molecule has 1 saturated carbocycles. The first-order valence-corrected chi connectivity index (χ1v) is 9.65. The molecule has 8 heteroatoms. The third kappa shape index (κ3) is 4.66. The van der Waals surface area contributed by atoms with Gasteiger partial charge in [0.05, 0.1) is 12.9 Å². The average Bonchev–Trinajstić information content (AvgIpc) is 3.29. The molecule has 0 aromatic carbocycles. The summed E-state index contributed by atoms with van der Waals surface area (Å²) in [5.41, 5.74) is 0.480. The number of nitrogens with one attached hydrogen (secondary N) is 1. The molecule has 1 aliphatic rings. The third-order valence-corrected chi connectivity index (χ3v) is 5.83. The molecule has 1 fully saturated rings. The minimum atomic E-state index is -3.75. The largest absolute Gasteiger partial charge is 0.495 e. The molecule has 1 aliphatic carbocycles. The van der Waals surface area contributed by atoms with Gasteiger partial charge in [0.1, 0.15) is 11.4 Å². The Kier molecular flexibility index (Phi) is 5.17. The highest BCUT2D eigenvalue weighted by molar-refractivity contribution is 7.90. The highest BCUT2D eigenvalue weighted by Crippen LogP contribution is 2.42. The zero-order chi connectivity index (χ0) is 18.1. The summed E-state index contributed by atoms with van der Waals surface area (Å²) >= 11 is 0. The molecule has 1 atom stereocenters. The minimum absolute atomic E-state index is 0.0664. The van der Waals surface area contributed by atoms with Gasteiger partial charge in [0.2, 0.25) is 10.0 Å². The molecule has 0 saturated heterocycles. The van der Waals surface area contributed by atoms with E-state index in [0.29, 0.717) is 11.7 Å². The van der Waals surface area contributed by atoms with E-state index in [-0.39, 0.29) is 22.8 Å². The van der Waals surface area contributed by atoms with Crippen molar-refractivity contribution in [3.63, 3.8) is 0 Å². The molecular weight excluding hydrogens is 330 g/mol. The molecule has 1 aromatic heterocycles. The van der Waals surface area contributed by atoms with Crippen molar-refractivity contribution >= 4 is 15.9 Å². The van der Waals surface area contributed by atoms with Gasteiger partial charge in [-0.1, -0.05) is 27.7 Å². The van der Waals surface area contributed by atoms with Gasteiger partial charge in [0.25, 0.3) is 5.91 Å². The normalized spacial score (nSPS) is 16.5. The van der Waals surface area contributed by atoms with Gasteiger partial charge >= 0.3 is 0 Å². The number of nitrogens with zero attached hydrogens (tertiary/aromatic N) is 2. The van der Waals surface area contributed by atoms with Gasteiger partial charge in [0, 0.05) is 12.0 Å². The Labute approximate surface area is 143 Å². The van der Waals surface area contributed by atoms with E-state index in [1.165, 1.54) is 13.2 Å². The van der Waals surface area contributed by atoms with Crippen LogP contribution in [0.25, 0.3) is 0 Å². The van der Waals surface area contributed by atoms with E-state index in [1.54, 1.807) is 0 Å². The second-order valence-electron chi connectivity index (χ2n) is 7.44. The molecule has 0 radical (unpaired) electrons. The first kappa shape index (κ1) is 18.6. The molecule has 134 valence electrons. The van der Waals surface area contributed by atoms with Crippen molar-refractivity contribution in [2.75, 3.05) is 12.9 Å². The van der Waals surface area contributed by atoms with E-state index in [0.717, 1.165) is 18.5 Å². The van der Waals surface area contributed by atoms with E-state index in [2.05, 4.69) is 14.9 Å². The van der Waals surface area contributed by atoms with E-state index in [1.807, 2.05) is 27.7 Å². The van der Waals surface area contributed by atoms with Gasteiger partial charge in [-0.25, -0.2) is 13.1 Å². The number of rotatable bonds is 6. The molecule has 0 bridgehead atoms. The van der Waals surface area contributed by atoms with Crippen LogP contribution in [0.5, 0.6) is 5.75 Å². The van der Waals surface area contributed by atoms with Crippen molar-refractivity contribution in [1.29, 1.82) is 0 Å². The monoisotopic (exact) mass is 355 g/mol. The first-order valence-electron chi connectivity index (χ1n) is 8.00. The summed E-state index contributed by atoms with van der Waals surface area (Å²) in [6.07, 6.45) is 2.05. The van der Waals surface area contributed by atoms with Crippen LogP contribution in [0.2, 0.25) is 0 Å². The van der Waals surface area contributed by atoms with Crippen LogP contribution in [-0.4, -0.2) is 37.4 Å². The Morgan fingerprint density at radius 2 is 2.00 bits per heavy atom. The fourth-order valence-corrected chi connectivity index (χ4v) is 3.74. The Hall–Kier alpha value is -1.70. The number of ether oxygens (including phenoxy) is 1. The summed E-state index contributed by atoms with van der Waals surface area (Å²) in [4.78, 5) is 12.2. The topological polar surface area (TPSA) is 98.2 Å². The molecule has 1 heterocycles. The second kappa shape index (κ2) is 6.66. The van der Waals surface area contributed by atoms with Gasteiger partial charge in [-0.15, -0.1) is 5.10 Å². The number of aromatic nitrogens is 2. The van der Waals surface area contributed by atoms with Crippen molar-refractivity contribution in [1.82, 2.24) is 14.9 Å². The van der Waals surface area contributed by atoms with Crippen LogP contribution in [0.4, 0.5) is 0 Å². The average molecular weight is 355 g/mol. The predicted octanol–water partition coefficient (Wildman–Crippen LogP) is 2.10. The molecule has 1 aromatic rings. The summed E-state index contributed by atoms with van der Waals surface area (Å²) in [7, 11) is -2.26. The van der Waals surface area contributed by atoms with Gasteiger partial charge in [-0.05, 0) is 24.2 Å². The molecule has 1 unspecified atom stereocenters. The molecule has 24 heavy (non-hydrogen) atoms. The van der Waals surface area contributed by atoms with Crippen LogP contribution in [0.3, 0.4) is 0 Å². The fraction of sp³-hybridized carbons (Fsp3) is 0.688. The van der Waals surface area contributed by atoms with E-state index in [4.69, 9.17) is 4.74 Å². The lowest BCUT2D eigenvalue weighted by molar-refractivity contribution is 0.0974. The molecule has 1 N–H and O–H groups in total. The molecule has 7 nitrogen and oxygen atoms in total. The van der Waals surface area contributed by atoms with Crippen molar-refractivity contribution in [2.45, 2.75) is 46.5 Å². The molecule has 0 aliphatic heterocycles. The zero-order valence-electron chi connectivity index (χ0n) is 14.8. The quantitative estimate of drug-likeness (QED) is 0.839. The van der Waals surface area contributed by atoms with E-state index < -0.39 is 15.9 Å². The van der Waals surface area contributed by atoms with Gasteiger partial charge < -0.3 is 4.74 Å². The summed E-state index contributed by atoms with van der Waals surface area (Å²) < 4.78 is 31.7. The highest BCUT2D eigenvalue weighted by Gasteiger charge is 2.31. The zero-order valence-corrected chi connectivity index (χ0v) is 15.6. The summed E-state index contributed by atoms with van der Waals surface area (Å²) in [6, 6.07) is 1.44. The first-order chi connectivity index (χ1) is 11.0. The summed E-state index contributed by atoms with van der Waals surface area (Å²) in [6.45, 7) is 7.73. The molecule has 0 spiro atoms. The highest BCUT2D eigenvalue weighted by atomic mass is 32.2. The Balaban J connectivity index is 2.11. The standard InChI is InChI=1S/C16H25N3O4S/c1-10(16(2,3)4)9-24(21,22)19-15(20)12-8-13(23-5)14(18-17-12)11-6-7-11/h8,10-11H,6-7,9H2,1-5H3,(H,19,20). The lowest BCUT2D eigenvalue weighted by Crippen LogP contribution is -2.37.